The highest BCUT2D eigenvalue weighted by Gasteiger charge is 2.23. The van der Waals surface area contributed by atoms with Gasteiger partial charge < -0.3 is 4.74 Å². The molecule has 0 saturated heterocycles. The van der Waals surface area contributed by atoms with Crippen LogP contribution in [0.5, 0.6) is 0 Å². The van der Waals surface area contributed by atoms with E-state index in [0.717, 1.165) is 11.8 Å². The number of nitrogens with zero attached hydrogens (tertiary/aromatic N) is 3. The number of ether oxygens (including phenoxy) is 1. The van der Waals surface area contributed by atoms with Crippen molar-refractivity contribution in [3.63, 3.8) is 0 Å². The average molecular weight is 317 g/mol. The monoisotopic (exact) mass is 317 g/mol. The normalized spacial score (nSPS) is 11.1. The summed E-state index contributed by atoms with van der Waals surface area (Å²) in [5, 5.41) is 10.9. The van der Waals surface area contributed by atoms with E-state index in [9.17, 15) is 14.9 Å². The number of carbonyl (C=O) groups is 1. The molecule has 0 saturated carbocycles. The molecule has 0 spiro atoms. The first-order valence-electron chi connectivity index (χ1n) is 6.99. The molecule has 0 aliphatic carbocycles. The van der Waals surface area contributed by atoms with Gasteiger partial charge in [0.2, 0.25) is 0 Å². The molecule has 1 aromatic carbocycles. The molecule has 8 heteroatoms. The number of esters is 1. The van der Waals surface area contributed by atoms with Crippen LogP contribution in [0.15, 0.2) is 60.9 Å². The lowest BCUT2D eigenvalue weighted by atomic mass is 10.2. The van der Waals surface area contributed by atoms with Crippen LogP contribution in [0.25, 0.3) is 0 Å². The van der Waals surface area contributed by atoms with Crippen LogP contribution in [-0.2, 0) is 16.1 Å². The molecule has 2 rings (SSSR count). The molecule has 0 atom stereocenters. The van der Waals surface area contributed by atoms with Crippen molar-refractivity contribution in [1.29, 1.82) is 0 Å². The minimum absolute atomic E-state index is 0.0740. The maximum atomic E-state index is 11.5. The van der Waals surface area contributed by atoms with E-state index >= 15 is 0 Å². The highest BCUT2D eigenvalue weighted by atomic mass is 16.6. The predicted molar refractivity (Wildman–Crippen MR) is 81.2 cm³/mol. The van der Waals surface area contributed by atoms with Gasteiger partial charge in [-0.3, -0.25) is 10.1 Å². The quantitative estimate of drug-likeness (QED) is 0.271. The van der Waals surface area contributed by atoms with Crippen LogP contribution in [0.2, 0.25) is 0 Å². The Bertz CT molecular complexity index is 709. The van der Waals surface area contributed by atoms with Crippen LogP contribution in [0.1, 0.15) is 12.5 Å². The van der Waals surface area contributed by atoms with Crippen molar-refractivity contribution in [1.82, 2.24) is 4.68 Å². The van der Waals surface area contributed by atoms with E-state index in [0.29, 0.717) is 6.54 Å². The molecule has 0 radical (unpaired) electrons. The topological polar surface area (TPSA) is 90.3 Å². The Kier molecular flexibility index (Phi) is 5.45. The highest BCUT2D eigenvalue weighted by Crippen LogP contribution is 1.99. The Morgan fingerprint density at radius 2 is 2.17 bits per heavy atom. The third-order valence-electron chi connectivity index (χ3n) is 2.93. The van der Waals surface area contributed by atoms with Crippen LogP contribution in [0, 0.1) is 10.1 Å². The molecular weight excluding hydrogens is 300 g/mol. The zero-order chi connectivity index (χ0) is 16.7. The number of carbonyl (C=O) groups excluding carboxylic acids is 1. The Labute approximate surface area is 132 Å². The van der Waals surface area contributed by atoms with Crippen LogP contribution in [0.4, 0.5) is 0 Å². The van der Waals surface area contributed by atoms with Crippen molar-refractivity contribution in [3.05, 3.63) is 76.6 Å². The molecule has 0 amide bonds. The van der Waals surface area contributed by atoms with Crippen molar-refractivity contribution < 1.29 is 19.0 Å². The van der Waals surface area contributed by atoms with Crippen molar-refractivity contribution >= 4 is 5.97 Å². The second-order valence-electron chi connectivity index (χ2n) is 4.62. The Morgan fingerprint density at radius 3 is 2.83 bits per heavy atom. The number of hydrogen-bond acceptors (Lipinski definition) is 5. The fourth-order valence-corrected chi connectivity index (χ4v) is 1.89. The molecular formula is C15H17N4O4+. The van der Waals surface area contributed by atoms with Gasteiger partial charge in [0.15, 0.2) is 6.20 Å². The van der Waals surface area contributed by atoms with E-state index < -0.39 is 16.6 Å². The minimum Gasteiger partial charge on any atom is -0.458 e. The van der Waals surface area contributed by atoms with Crippen LogP contribution in [0.3, 0.4) is 0 Å². The lowest BCUT2D eigenvalue weighted by Crippen LogP contribution is -2.32. The van der Waals surface area contributed by atoms with Gasteiger partial charge in [0.05, 0.1) is 11.5 Å². The zero-order valence-electron chi connectivity index (χ0n) is 12.6. The standard InChI is InChI=1S/C15H16N4O4/c1-2-23-15(20)14(19(21)22)10-16-18-9-8-17(12-18)11-13-6-4-3-5-7-13/h3-10,12H,2,11H2,1H3/p+1. The van der Waals surface area contributed by atoms with Crippen molar-refractivity contribution in [2.24, 2.45) is 0 Å². The number of nitro groups is 1. The highest BCUT2D eigenvalue weighted by molar-refractivity contribution is 5.85. The van der Waals surface area contributed by atoms with Gasteiger partial charge >= 0.3 is 11.7 Å². The Balaban J connectivity index is 2.04. The van der Waals surface area contributed by atoms with Gasteiger partial charge in [0.1, 0.15) is 18.9 Å². The van der Waals surface area contributed by atoms with Gasteiger partial charge in [-0.1, -0.05) is 30.3 Å². The summed E-state index contributed by atoms with van der Waals surface area (Å²) < 4.78 is 8.04. The van der Waals surface area contributed by atoms with Crippen molar-refractivity contribution in [2.45, 2.75) is 13.5 Å². The van der Waals surface area contributed by atoms with Crippen molar-refractivity contribution in [2.75, 3.05) is 12.0 Å². The molecule has 0 bridgehead atoms. The minimum atomic E-state index is -0.977. The van der Waals surface area contributed by atoms with Gasteiger partial charge in [0, 0.05) is 0 Å². The molecule has 0 fully saturated rings. The van der Waals surface area contributed by atoms with Gasteiger partial charge in [-0.2, -0.15) is 0 Å². The van der Waals surface area contributed by atoms with E-state index in [1.54, 1.807) is 19.4 Å². The number of aromatic nitrogens is 2. The average Bonchev–Trinajstić information content (AvgIpc) is 2.96. The largest absolute Gasteiger partial charge is 0.458 e. The summed E-state index contributed by atoms with van der Waals surface area (Å²) in [6.07, 6.45) is 6.21. The van der Waals surface area contributed by atoms with Gasteiger partial charge in [-0.05, 0) is 12.5 Å². The first kappa shape index (κ1) is 16.2. The summed E-state index contributed by atoms with van der Waals surface area (Å²) in [5.41, 5.74) is 3.13. The van der Waals surface area contributed by atoms with E-state index in [4.69, 9.17) is 0 Å². The number of rotatable bonds is 7. The first-order valence-corrected chi connectivity index (χ1v) is 6.99. The molecule has 1 N–H and O–H groups in total. The van der Waals surface area contributed by atoms with Gasteiger partial charge in [0.25, 0.3) is 6.33 Å². The number of benzene rings is 1. The number of nitrogens with one attached hydrogen (secondary N) is 1. The molecule has 120 valence electrons. The number of hydrogen-bond donors (Lipinski definition) is 1. The Morgan fingerprint density at radius 1 is 1.43 bits per heavy atom. The maximum Gasteiger partial charge on any atom is 0.411 e. The van der Waals surface area contributed by atoms with E-state index in [2.05, 4.69) is 10.2 Å². The van der Waals surface area contributed by atoms with Crippen LogP contribution in [-0.4, -0.2) is 22.2 Å². The molecule has 0 aliphatic rings. The van der Waals surface area contributed by atoms with E-state index in [-0.39, 0.29) is 6.61 Å². The fraction of sp³-hybridized carbons (Fsp3) is 0.200. The lowest BCUT2D eigenvalue weighted by molar-refractivity contribution is -0.687. The third-order valence-corrected chi connectivity index (χ3v) is 2.93. The summed E-state index contributed by atoms with van der Waals surface area (Å²) in [7, 11) is 0. The van der Waals surface area contributed by atoms with Crippen LogP contribution >= 0.6 is 0 Å². The molecule has 0 aliphatic heterocycles. The molecule has 1 aromatic heterocycles. The molecule has 23 heavy (non-hydrogen) atoms. The first-order chi connectivity index (χ1) is 11.1. The van der Waals surface area contributed by atoms with E-state index in [1.807, 2.05) is 41.1 Å². The number of imidazole rings is 1. The summed E-state index contributed by atoms with van der Waals surface area (Å²) in [6, 6.07) is 9.86. The maximum absolute atomic E-state index is 11.5. The summed E-state index contributed by atoms with van der Waals surface area (Å²) in [5.74, 6) is -0.977. The molecule has 2 aromatic rings. The summed E-state index contributed by atoms with van der Waals surface area (Å²) in [4.78, 5) is 21.5. The molecule has 1 heterocycles. The molecule has 8 nitrogen and oxygen atoms in total. The van der Waals surface area contributed by atoms with Gasteiger partial charge in [-0.25, -0.2) is 14.8 Å². The predicted octanol–water partition coefficient (Wildman–Crippen LogP) is 1.05. The van der Waals surface area contributed by atoms with Crippen molar-refractivity contribution in [3.8, 4) is 0 Å². The second kappa shape index (κ2) is 7.74. The van der Waals surface area contributed by atoms with Crippen LogP contribution < -0.4 is 9.99 Å². The fourth-order valence-electron chi connectivity index (χ4n) is 1.89. The van der Waals surface area contributed by atoms with Gasteiger partial charge in [-0.15, -0.1) is 4.68 Å². The summed E-state index contributed by atoms with van der Waals surface area (Å²) >= 11 is 0. The lowest BCUT2D eigenvalue weighted by Gasteiger charge is -1.99. The summed E-state index contributed by atoms with van der Waals surface area (Å²) in [6.45, 7) is 2.32. The third kappa shape index (κ3) is 4.67. The second-order valence-corrected chi connectivity index (χ2v) is 4.62. The van der Waals surface area contributed by atoms with E-state index in [1.165, 1.54) is 4.68 Å². The smallest absolute Gasteiger partial charge is 0.411 e. The Hall–Kier alpha value is -3.16. The SMILES string of the molecule is CCOC(=O)C(=CNn1cc[n+](Cc2ccccc2)c1)[N+](=O)[O-]. The molecule has 0 unspecified atom stereocenters. The zero-order valence-corrected chi connectivity index (χ0v) is 12.6.